The Kier molecular flexibility index (Phi) is 3.10. The number of ketones is 1. The van der Waals surface area contributed by atoms with Gasteiger partial charge < -0.3 is 5.32 Å². The van der Waals surface area contributed by atoms with Gasteiger partial charge in [0.05, 0.1) is 0 Å². The van der Waals surface area contributed by atoms with Crippen LogP contribution in [0.4, 0.5) is 5.69 Å². The van der Waals surface area contributed by atoms with Crippen molar-refractivity contribution >= 4 is 27.4 Å². The summed E-state index contributed by atoms with van der Waals surface area (Å²) in [7, 11) is 1.71. The number of carbonyl (C=O) groups is 1. The van der Waals surface area contributed by atoms with Gasteiger partial charge in [-0.15, -0.1) is 5.10 Å². The van der Waals surface area contributed by atoms with E-state index >= 15 is 0 Å². The molecule has 0 unspecified atom stereocenters. The van der Waals surface area contributed by atoms with Gasteiger partial charge in [-0.1, -0.05) is 5.21 Å². The van der Waals surface area contributed by atoms with Crippen LogP contribution in [0.5, 0.6) is 0 Å². The largest absolute Gasteiger partial charge is 0.385 e. The molecule has 5 nitrogen and oxygen atoms in total. The van der Waals surface area contributed by atoms with Gasteiger partial charge in [0, 0.05) is 24.8 Å². The maximum atomic E-state index is 12.5. The third kappa shape index (κ3) is 2.16. The Bertz CT molecular complexity index is 631. The fourth-order valence-corrected chi connectivity index (χ4v) is 2.83. The first-order valence-electron chi connectivity index (χ1n) is 6.13. The molecule has 0 fully saturated rings. The molecule has 98 valence electrons. The molecule has 2 aromatic rings. The van der Waals surface area contributed by atoms with E-state index in [9.17, 15) is 4.79 Å². The fraction of sp³-hybridized carbons (Fsp3) is 0.308. The Morgan fingerprint density at radius 3 is 3.05 bits per heavy atom. The SMILES string of the molecule is Cn1nnc(Br)c1C(=O)c1ccc2c(c1)CCCN2. The number of aromatic nitrogens is 3. The van der Waals surface area contributed by atoms with E-state index in [1.807, 2.05) is 18.2 Å². The molecule has 0 atom stereocenters. The monoisotopic (exact) mass is 320 g/mol. The number of hydrogen-bond donors (Lipinski definition) is 1. The second-order valence-electron chi connectivity index (χ2n) is 4.58. The number of nitrogens with one attached hydrogen (secondary N) is 1. The van der Waals surface area contributed by atoms with Crippen molar-refractivity contribution in [2.45, 2.75) is 12.8 Å². The fourth-order valence-electron chi connectivity index (χ4n) is 2.33. The molecule has 0 bridgehead atoms. The second-order valence-corrected chi connectivity index (χ2v) is 5.33. The summed E-state index contributed by atoms with van der Waals surface area (Å²) in [6, 6.07) is 5.78. The minimum absolute atomic E-state index is 0.0623. The van der Waals surface area contributed by atoms with Crippen molar-refractivity contribution < 1.29 is 4.79 Å². The Balaban J connectivity index is 2.01. The molecule has 0 saturated heterocycles. The predicted octanol–water partition coefficient (Wildman–Crippen LogP) is 2.17. The lowest BCUT2D eigenvalue weighted by molar-refractivity contribution is 0.102. The molecule has 1 aliphatic heterocycles. The first kappa shape index (κ1) is 12.3. The molecule has 3 rings (SSSR count). The maximum Gasteiger partial charge on any atom is 0.213 e. The summed E-state index contributed by atoms with van der Waals surface area (Å²) >= 11 is 3.26. The molecular weight excluding hydrogens is 308 g/mol. The van der Waals surface area contributed by atoms with E-state index in [-0.39, 0.29) is 5.78 Å². The highest BCUT2D eigenvalue weighted by Crippen LogP contribution is 2.25. The minimum atomic E-state index is -0.0623. The van der Waals surface area contributed by atoms with Gasteiger partial charge in [-0.3, -0.25) is 4.79 Å². The van der Waals surface area contributed by atoms with Crippen molar-refractivity contribution in [2.24, 2.45) is 7.05 Å². The summed E-state index contributed by atoms with van der Waals surface area (Å²) in [5.41, 5.74) is 3.48. The van der Waals surface area contributed by atoms with E-state index in [1.54, 1.807) is 7.05 Å². The molecule has 0 aliphatic carbocycles. The summed E-state index contributed by atoms with van der Waals surface area (Å²) in [6.45, 7) is 0.998. The third-order valence-electron chi connectivity index (χ3n) is 3.31. The number of carbonyl (C=O) groups excluding carboxylic acids is 1. The number of halogens is 1. The van der Waals surface area contributed by atoms with Gasteiger partial charge in [-0.2, -0.15) is 0 Å². The van der Waals surface area contributed by atoms with Gasteiger partial charge in [0.1, 0.15) is 5.69 Å². The third-order valence-corrected chi connectivity index (χ3v) is 3.84. The second kappa shape index (κ2) is 4.77. The first-order valence-corrected chi connectivity index (χ1v) is 6.93. The van der Waals surface area contributed by atoms with Crippen molar-refractivity contribution in [1.82, 2.24) is 15.0 Å². The molecule has 1 aromatic heterocycles. The standard InChI is InChI=1S/C13H13BrN4O/c1-18-11(13(14)16-17-18)12(19)9-4-5-10-8(7-9)3-2-6-15-10/h4-5,7,15H,2-3,6H2,1H3. The lowest BCUT2D eigenvalue weighted by atomic mass is 9.98. The van der Waals surface area contributed by atoms with Gasteiger partial charge in [0.2, 0.25) is 5.78 Å². The number of rotatable bonds is 2. The zero-order chi connectivity index (χ0) is 13.4. The maximum absolute atomic E-state index is 12.5. The van der Waals surface area contributed by atoms with Crippen LogP contribution in [0.3, 0.4) is 0 Å². The molecule has 19 heavy (non-hydrogen) atoms. The Morgan fingerprint density at radius 1 is 1.47 bits per heavy atom. The molecule has 0 radical (unpaired) electrons. The van der Waals surface area contributed by atoms with Gasteiger partial charge in [0.25, 0.3) is 0 Å². The zero-order valence-corrected chi connectivity index (χ0v) is 12.1. The van der Waals surface area contributed by atoms with Crippen molar-refractivity contribution in [3.63, 3.8) is 0 Å². The molecular formula is C13H13BrN4O. The van der Waals surface area contributed by atoms with Crippen LogP contribution in [0.1, 0.15) is 28.0 Å². The van der Waals surface area contributed by atoms with Gasteiger partial charge in [-0.25, -0.2) is 4.68 Å². The molecule has 6 heteroatoms. The average molecular weight is 321 g/mol. The first-order chi connectivity index (χ1) is 9.16. The summed E-state index contributed by atoms with van der Waals surface area (Å²) in [4.78, 5) is 12.5. The van der Waals surface area contributed by atoms with Crippen molar-refractivity contribution in [3.8, 4) is 0 Å². The Morgan fingerprint density at radius 2 is 2.32 bits per heavy atom. The highest BCUT2D eigenvalue weighted by Gasteiger charge is 2.20. The molecule has 0 spiro atoms. The minimum Gasteiger partial charge on any atom is -0.385 e. The van der Waals surface area contributed by atoms with E-state index < -0.39 is 0 Å². The lowest BCUT2D eigenvalue weighted by Gasteiger charge is -2.18. The summed E-state index contributed by atoms with van der Waals surface area (Å²) in [5, 5.41) is 11.0. The number of anilines is 1. The van der Waals surface area contributed by atoms with Crippen LogP contribution in [-0.2, 0) is 13.5 Å². The van der Waals surface area contributed by atoms with Crippen LogP contribution in [0.25, 0.3) is 0 Å². The molecule has 2 heterocycles. The van der Waals surface area contributed by atoms with E-state index in [0.29, 0.717) is 15.9 Å². The highest BCUT2D eigenvalue weighted by molar-refractivity contribution is 9.10. The molecule has 1 N–H and O–H groups in total. The normalized spacial score (nSPS) is 13.8. The van der Waals surface area contributed by atoms with Gasteiger partial charge >= 0.3 is 0 Å². The van der Waals surface area contributed by atoms with Crippen LogP contribution < -0.4 is 5.32 Å². The number of nitrogens with zero attached hydrogens (tertiary/aromatic N) is 3. The van der Waals surface area contributed by atoms with Crippen LogP contribution in [0.2, 0.25) is 0 Å². The molecule has 0 amide bonds. The topological polar surface area (TPSA) is 59.8 Å². The van der Waals surface area contributed by atoms with Crippen molar-refractivity contribution in [2.75, 3.05) is 11.9 Å². The average Bonchev–Trinajstić information content (AvgIpc) is 2.77. The quantitative estimate of drug-likeness (QED) is 0.861. The summed E-state index contributed by atoms with van der Waals surface area (Å²) < 4.78 is 1.97. The summed E-state index contributed by atoms with van der Waals surface area (Å²) in [6.07, 6.45) is 2.11. The molecule has 0 saturated carbocycles. The smallest absolute Gasteiger partial charge is 0.213 e. The van der Waals surface area contributed by atoms with E-state index in [4.69, 9.17) is 0 Å². The van der Waals surface area contributed by atoms with Crippen LogP contribution >= 0.6 is 15.9 Å². The zero-order valence-electron chi connectivity index (χ0n) is 10.5. The number of benzene rings is 1. The van der Waals surface area contributed by atoms with Gasteiger partial charge in [0.15, 0.2) is 4.60 Å². The predicted molar refractivity (Wildman–Crippen MR) is 75.4 cm³/mol. The van der Waals surface area contributed by atoms with Crippen LogP contribution in [-0.4, -0.2) is 27.3 Å². The van der Waals surface area contributed by atoms with E-state index in [0.717, 1.165) is 25.1 Å². The lowest BCUT2D eigenvalue weighted by Crippen LogP contribution is -2.14. The number of fused-ring (bicyclic) bond motifs is 1. The summed E-state index contributed by atoms with van der Waals surface area (Å²) in [5.74, 6) is -0.0623. The van der Waals surface area contributed by atoms with E-state index in [2.05, 4.69) is 31.6 Å². The van der Waals surface area contributed by atoms with Crippen molar-refractivity contribution in [1.29, 1.82) is 0 Å². The molecule has 1 aliphatic rings. The molecule has 1 aromatic carbocycles. The Hall–Kier alpha value is -1.69. The van der Waals surface area contributed by atoms with Crippen LogP contribution in [0, 0.1) is 0 Å². The number of hydrogen-bond acceptors (Lipinski definition) is 4. The highest BCUT2D eigenvalue weighted by atomic mass is 79.9. The Labute approximate surface area is 119 Å². The number of aryl methyl sites for hydroxylation is 2. The van der Waals surface area contributed by atoms with Gasteiger partial charge in [-0.05, 0) is 52.5 Å². The van der Waals surface area contributed by atoms with E-state index in [1.165, 1.54) is 10.2 Å². The van der Waals surface area contributed by atoms with Crippen molar-refractivity contribution in [3.05, 3.63) is 39.6 Å². The van der Waals surface area contributed by atoms with Crippen LogP contribution in [0.15, 0.2) is 22.8 Å².